The van der Waals surface area contributed by atoms with Crippen LogP contribution in [0.25, 0.3) is 38.8 Å². The maximum absolute atomic E-state index is 12.7. The minimum Gasteiger partial charge on any atom is -0.496 e. The number of ether oxygens (including phenoxy) is 2. The molecular weight excluding hydrogens is 542 g/mol. The van der Waals surface area contributed by atoms with Gasteiger partial charge in [0.25, 0.3) is 5.91 Å². The van der Waals surface area contributed by atoms with Crippen molar-refractivity contribution in [2.75, 3.05) is 20.2 Å². The van der Waals surface area contributed by atoms with Crippen LogP contribution >= 0.6 is 11.3 Å². The smallest absolute Gasteiger partial charge is 0.325 e. The van der Waals surface area contributed by atoms with Gasteiger partial charge in [-0.1, -0.05) is 19.1 Å². The lowest BCUT2D eigenvalue weighted by atomic mass is 10.1. The first-order valence-electron chi connectivity index (χ1n) is 13.5. The number of amides is 1. The molecule has 0 spiro atoms. The molecule has 0 bridgehead atoms. The van der Waals surface area contributed by atoms with Crippen molar-refractivity contribution in [2.24, 2.45) is 0 Å². The van der Waals surface area contributed by atoms with Crippen LogP contribution in [0.4, 0.5) is 0 Å². The Morgan fingerprint density at radius 1 is 1.07 bits per heavy atom. The second-order valence-electron chi connectivity index (χ2n) is 9.86. The molecular formula is C30H27N5O5S. The predicted octanol–water partition coefficient (Wildman–Crippen LogP) is 6.25. The molecule has 1 aliphatic heterocycles. The largest absolute Gasteiger partial charge is 0.496 e. The van der Waals surface area contributed by atoms with E-state index < -0.39 is 0 Å². The molecule has 1 fully saturated rings. The van der Waals surface area contributed by atoms with Crippen LogP contribution in [0.5, 0.6) is 11.5 Å². The number of benzene rings is 2. The number of rotatable bonds is 8. The molecule has 0 unspecified atom stereocenters. The first kappa shape index (κ1) is 25.3. The number of aromatic nitrogens is 4. The summed E-state index contributed by atoms with van der Waals surface area (Å²) in [6.45, 7) is 3.92. The van der Waals surface area contributed by atoms with Gasteiger partial charge in [-0.3, -0.25) is 4.79 Å². The lowest BCUT2D eigenvalue weighted by Gasteiger charge is -2.15. The molecule has 1 aliphatic rings. The molecule has 41 heavy (non-hydrogen) atoms. The Morgan fingerprint density at radius 3 is 2.66 bits per heavy atom. The molecule has 0 N–H and O–H groups in total. The molecule has 5 heterocycles. The molecule has 2 aromatic carbocycles. The lowest BCUT2D eigenvalue weighted by molar-refractivity contribution is 0.0793. The Kier molecular flexibility index (Phi) is 6.43. The SMILES string of the molecule is CCc1nn2cc(-c3cc4c(OCc5csc(-c6ccc(C(=O)N7CCCC7)cc6)n5)cc(OC)cc4o3)nc2o1. The monoisotopic (exact) mass is 569 g/mol. The van der Waals surface area contributed by atoms with Crippen molar-refractivity contribution >= 4 is 34.1 Å². The Hall–Kier alpha value is -4.64. The summed E-state index contributed by atoms with van der Waals surface area (Å²) in [7, 11) is 1.60. The van der Waals surface area contributed by atoms with Gasteiger partial charge in [0.2, 0.25) is 5.89 Å². The van der Waals surface area contributed by atoms with Crippen LogP contribution in [0.3, 0.4) is 0 Å². The average molecular weight is 570 g/mol. The summed E-state index contributed by atoms with van der Waals surface area (Å²) in [6.07, 6.45) is 4.62. The number of hydrogen-bond donors (Lipinski definition) is 0. The molecule has 7 rings (SSSR count). The van der Waals surface area contributed by atoms with E-state index in [2.05, 4.69) is 10.1 Å². The van der Waals surface area contributed by atoms with Gasteiger partial charge >= 0.3 is 5.84 Å². The normalized spacial score (nSPS) is 13.5. The number of thiazole rings is 1. The molecule has 6 aromatic rings. The van der Waals surface area contributed by atoms with Gasteiger partial charge in [0.05, 0.1) is 24.4 Å². The van der Waals surface area contributed by atoms with Crippen molar-refractivity contribution in [2.45, 2.75) is 32.8 Å². The topological polar surface area (TPSA) is 108 Å². The Bertz CT molecular complexity index is 1830. The van der Waals surface area contributed by atoms with E-state index in [0.717, 1.165) is 47.6 Å². The number of carbonyl (C=O) groups is 1. The van der Waals surface area contributed by atoms with Crippen LogP contribution in [0.2, 0.25) is 0 Å². The van der Waals surface area contributed by atoms with Crippen molar-refractivity contribution in [1.82, 2.24) is 24.5 Å². The fourth-order valence-electron chi connectivity index (χ4n) is 4.96. The van der Waals surface area contributed by atoms with Crippen LogP contribution in [0.1, 0.15) is 41.7 Å². The highest BCUT2D eigenvalue weighted by molar-refractivity contribution is 7.13. The number of carbonyl (C=O) groups excluding carboxylic acids is 1. The molecule has 11 heteroatoms. The highest BCUT2D eigenvalue weighted by Crippen LogP contribution is 2.37. The summed E-state index contributed by atoms with van der Waals surface area (Å²) in [6, 6.07) is 13.2. The average Bonchev–Trinajstić information content (AvgIpc) is 3.82. The zero-order valence-electron chi connectivity index (χ0n) is 22.6. The summed E-state index contributed by atoms with van der Waals surface area (Å²) in [4.78, 5) is 23.9. The van der Waals surface area contributed by atoms with Gasteiger partial charge in [0.15, 0.2) is 5.76 Å². The van der Waals surface area contributed by atoms with Gasteiger partial charge in [-0.25, -0.2) is 4.98 Å². The number of hydrogen-bond acceptors (Lipinski definition) is 9. The number of imidazole rings is 1. The highest BCUT2D eigenvalue weighted by Gasteiger charge is 2.20. The van der Waals surface area contributed by atoms with Gasteiger partial charge in [-0.05, 0) is 31.0 Å². The molecule has 0 saturated carbocycles. The highest BCUT2D eigenvalue weighted by atomic mass is 32.1. The number of nitrogens with zero attached hydrogens (tertiary/aromatic N) is 5. The number of fused-ring (bicyclic) bond motifs is 2. The molecule has 1 amide bonds. The fraction of sp³-hybridized carbons (Fsp3) is 0.267. The number of likely N-dealkylation sites (tertiary alicyclic amines) is 1. The summed E-state index contributed by atoms with van der Waals surface area (Å²) in [5.41, 5.74) is 3.70. The van der Waals surface area contributed by atoms with Gasteiger partial charge in [0.1, 0.15) is 34.4 Å². The zero-order valence-corrected chi connectivity index (χ0v) is 23.4. The molecule has 208 valence electrons. The minimum absolute atomic E-state index is 0.0961. The Morgan fingerprint density at radius 2 is 1.90 bits per heavy atom. The summed E-state index contributed by atoms with van der Waals surface area (Å²) >= 11 is 1.54. The van der Waals surface area contributed by atoms with Crippen LogP contribution in [-0.4, -0.2) is 50.6 Å². The summed E-state index contributed by atoms with van der Waals surface area (Å²) in [5, 5.41) is 8.01. The van der Waals surface area contributed by atoms with Crippen molar-refractivity contribution in [3.05, 3.63) is 71.2 Å². The Balaban J connectivity index is 1.09. The Labute approximate surface area is 239 Å². The predicted molar refractivity (Wildman–Crippen MR) is 153 cm³/mol. The van der Waals surface area contributed by atoms with E-state index >= 15 is 0 Å². The molecule has 0 radical (unpaired) electrons. The van der Waals surface area contributed by atoms with E-state index in [9.17, 15) is 4.79 Å². The van der Waals surface area contributed by atoms with Crippen LogP contribution in [0.15, 0.2) is 62.9 Å². The van der Waals surface area contributed by atoms with Gasteiger partial charge in [-0.15, -0.1) is 16.4 Å². The first-order chi connectivity index (χ1) is 20.1. The third-order valence-electron chi connectivity index (χ3n) is 7.15. The van der Waals surface area contributed by atoms with Crippen molar-refractivity contribution in [3.8, 4) is 33.5 Å². The van der Waals surface area contributed by atoms with Crippen molar-refractivity contribution in [3.63, 3.8) is 0 Å². The third kappa shape index (κ3) is 4.82. The third-order valence-corrected chi connectivity index (χ3v) is 8.09. The number of furan rings is 1. The van der Waals surface area contributed by atoms with E-state index in [-0.39, 0.29) is 12.5 Å². The molecule has 0 atom stereocenters. The van der Waals surface area contributed by atoms with Crippen LogP contribution in [-0.2, 0) is 13.0 Å². The lowest BCUT2D eigenvalue weighted by Crippen LogP contribution is -2.27. The van der Waals surface area contributed by atoms with E-state index in [4.69, 9.17) is 23.3 Å². The molecule has 0 aliphatic carbocycles. The zero-order chi connectivity index (χ0) is 27.9. The summed E-state index contributed by atoms with van der Waals surface area (Å²) < 4.78 is 25.1. The van der Waals surface area contributed by atoms with E-state index in [1.54, 1.807) is 29.2 Å². The molecule has 10 nitrogen and oxygen atoms in total. The standard InChI is InChI=1S/C30H27N5O5S/c1-3-27-33-35-15-23(32-30(35)40-27)26-14-22-24(12-21(37-2)13-25(22)39-26)38-16-20-17-41-28(31-20)18-6-8-19(9-7-18)29(36)34-10-4-5-11-34/h6-9,12-15,17H,3-5,10-11,16H2,1-2H3. The first-order valence-corrected chi connectivity index (χ1v) is 14.4. The molecule has 1 saturated heterocycles. The van der Waals surface area contributed by atoms with Crippen molar-refractivity contribution in [1.29, 1.82) is 0 Å². The maximum Gasteiger partial charge on any atom is 0.325 e. The second kappa shape index (κ2) is 10.4. The van der Waals surface area contributed by atoms with Crippen LogP contribution < -0.4 is 9.47 Å². The fourth-order valence-corrected chi connectivity index (χ4v) is 5.78. The number of aryl methyl sites for hydroxylation is 1. The minimum atomic E-state index is 0.0961. The maximum atomic E-state index is 12.7. The van der Waals surface area contributed by atoms with Gasteiger partial charge < -0.3 is 23.2 Å². The van der Waals surface area contributed by atoms with E-state index in [0.29, 0.717) is 52.3 Å². The van der Waals surface area contributed by atoms with Gasteiger partial charge in [0, 0.05) is 48.2 Å². The molecule has 4 aromatic heterocycles. The number of methoxy groups -OCH3 is 1. The summed E-state index contributed by atoms with van der Waals surface area (Å²) in [5.74, 6) is 2.93. The van der Waals surface area contributed by atoms with Crippen molar-refractivity contribution < 1.29 is 23.1 Å². The van der Waals surface area contributed by atoms with Gasteiger partial charge in [-0.2, -0.15) is 9.50 Å². The van der Waals surface area contributed by atoms with E-state index in [1.807, 2.05) is 59.7 Å². The van der Waals surface area contributed by atoms with E-state index in [1.165, 1.54) is 0 Å². The second-order valence-corrected chi connectivity index (χ2v) is 10.7. The van der Waals surface area contributed by atoms with Crippen LogP contribution in [0, 0.1) is 0 Å². The quantitative estimate of drug-likeness (QED) is 0.212.